The van der Waals surface area contributed by atoms with Crippen molar-refractivity contribution in [3.05, 3.63) is 35.5 Å². The van der Waals surface area contributed by atoms with Gasteiger partial charge in [0.05, 0.1) is 25.9 Å². The van der Waals surface area contributed by atoms with E-state index in [1.807, 2.05) is 31.2 Å². The first-order valence-corrected chi connectivity index (χ1v) is 11.7. The van der Waals surface area contributed by atoms with Crippen molar-refractivity contribution in [3.63, 3.8) is 0 Å². The van der Waals surface area contributed by atoms with Gasteiger partial charge >= 0.3 is 0 Å². The Hall–Kier alpha value is -2.79. The molecule has 2 aliphatic heterocycles. The molecule has 10 heteroatoms. The van der Waals surface area contributed by atoms with Crippen molar-refractivity contribution in [3.8, 4) is 17.1 Å². The number of amides is 1. The molecule has 0 saturated carbocycles. The number of carbonyl (C=O) groups is 1. The van der Waals surface area contributed by atoms with Crippen molar-refractivity contribution in [2.45, 2.75) is 25.5 Å². The van der Waals surface area contributed by atoms with E-state index >= 15 is 0 Å². The lowest BCUT2D eigenvalue weighted by atomic mass is 10.1. The van der Waals surface area contributed by atoms with Gasteiger partial charge in [-0.25, -0.2) is 9.97 Å². The molecule has 1 unspecified atom stereocenters. The summed E-state index contributed by atoms with van der Waals surface area (Å²) in [5.41, 5.74) is 1.82. The highest BCUT2D eigenvalue weighted by atomic mass is 16.5. The van der Waals surface area contributed by atoms with E-state index in [1.165, 1.54) is 0 Å². The summed E-state index contributed by atoms with van der Waals surface area (Å²) in [6, 6.07) is 7.50. The number of hydrogen-bond donors (Lipinski definition) is 3. The van der Waals surface area contributed by atoms with Crippen LogP contribution >= 0.6 is 0 Å². The number of carbonyl (C=O) groups excluding carboxylic acids is 1. The molecule has 3 heterocycles. The van der Waals surface area contributed by atoms with Gasteiger partial charge in [-0.15, -0.1) is 0 Å². The quantitative estimate of drug-likeness (QED) is 0.494. The minimum absolute atomic E-state index is 0.127. The summed E-state index contributed by atoms with van der Waals surface area (Å²) in [5, 5.41) is 16.3. The number of nitrogens with zero attached hydrogens (tertiary/aromatic N) is 3. The Morgan fingerprint density at radius 1 is 1.26 bits per heavy atom. The second-order valence-electron chi connectivity index (χ2n) is 8.53. The number of aliphatic hydroxyl groups is 1. The Balaban J connectivity index is 1.64. The van der Waals surface area contributed by atoms with E-state index < -0.39 is 6.10 Å². The van der Waals surface area contributed by atoms with Crippen LogP contribution in [0.25, 0.3) is 11.4 Å². The van der Waals surface area contributed by atoms with E-state index in [0.717, 1.165) is 17.5 Å². The van der Waals surface area contributed by atoms with Gasteiger partial charge in [0.2, 0.25) is 0 Å². The first kappa shape index (κ1) is 24.3. The van der Waals surface area contributed by atoms with Crippen molar-refractivity contribution < 1.29 is 24.1 Å². The molecule has 4 rings (SSSR count). The Labute approximate surface area is 199 Å². The highest BCUT2D eigenvalue weighted by Crippen LogP contribution is 2.27. The Bertz CT molecular complexity index is 976. The van der Waals surface area contributed by atoms with Crippen molar-refractivity contribution in [1.29, 1.82) is 0 Å². The van der Waals surface area contributed by atoms with Gasteiger partial charge in [0.25, 0.3) is 5.91 Å². The lowest BCUT2D eigenvalue weighted by Crippen LogP contribution is -2.41. The maximum Gasteiger partial charge on any atom is 0.273 e. The van der Waals surface area contributed by atoms with Gasteiger partial charge in [-0.1, -0.05) is 12.1 Å². The maximum absolute atomic E-state index is 13.4. The van der Waals surface area contributed by atoms with E-state index in [-0.39, 0.29) is 18.6 Å². The smallest absolute Gasteiger partial charge is 0.273 e. The average molecular weight is 472 g/mol. The van der Waals surface area contributed by atoms with Crippen LogP contribution in [0.15, 0.2) is 24.3 Å². The molecule has 2 aromatic rings. The van der Waals surface area contributed by atoms with Gasteiger partial charge < -0.3 is 34.9 Å². The summed E-state index contributed by atoms with van der Waals surface area (Å²) in [6.07, 6.45) is 0.260. The van der Waals surface area contributed by atoms with Gasteiger partial charge in [0.15, 0.2) is 5.82 Å². The zero-order chi connectivity index (χ0) is 23.9. The lowest BCUT2D eigenvalue weighted by Gasteiger charge is -2.27. The predicted molar refractivity (Wildman–Crippen MR) is 127 cm³/mol. The number of benzene rings is 1. The summed E-state index contributed by atoms with van der Waals surface area (Å²) in [4.78, 5) is 24.6. The number of aliphatic hydroxyl groups excluding tert-OH is 1. The molecular weight excluding hydrogens is 438 g/mol. The molecule has 2 saturated heterocycles. The Morgan fingerprint density at radius 2 is 2.09 bits per heavy atom. The van der Waals surface area contributed by atoms with Crippen LogP contribution in [0.2, 0.25) is 0 Å². The highest BCUT2D eigenvalue weighted by Gasteiger charge is 2.26. The SMILES string of the molecule is CNCC(O)COc1cccc(-c2nc(N[C@@H]3CCOC3)c(C)c(C(=O)N3CCOCC3)n2)c1. The van der Waals surface area contributed by atoms with Crippen LogP contribution in [0.3, 0.4) is 0 Å². The van der Waals surface area contributed by atoms with Crippen molar-refractivity contribution in [2.24, 2.45) is 0 Å². The Kier molecular flexibility index (Phi) is 8.28. The molecule has 1 aromatic heterocycles. The fourth-order valence-electron chi connectivity index (χ4n) is 3.96. The molecule has 2 fully saturated rings. The fourth-order valence-corrected chi connectivity index (χ4v) is 3.96. The third-order valence-electron chi connectivity index (χ3n) is 5.89. The number of morpholine rings is 1. The molecule has 1 aromatic carbocycles. The topological polar surface area (TPSA) is 118 Å². The van der Waals surface area contributed by atoms with Crippen LogP contribution < -0.4 is 15.4 Å². The third kappa shape index (κ3) is 6.01. The minimum Gasteiger partial charge on any atom is -0.491 e. The number of ether oxygens (including phenoxy) is 3. The molecule has 0 spiro atoms. The molecule has 2 atom stereocenters. The first-order chi connectivity index (χ1) is 16.5. The summed E-state index contributed by atoms with van der Waals surface area (Å²) in [5.74, 6) is 1.53. The maximum atomic E-state index is 13.4. The van der Waals surface area contributed by atoms with E-state index in [2.05, 4.69) is 15.6 Å². The number of hydrogen-bond acceptors (Lipinski definition) is 9. The largest absolute Gasteiger partial charge is 0.491 e. The number of anilines is 1. The van der Waals surface area contributed by atoms with Gasteiger partial charge in [-0.2, -0.15) is 0 Å². The molecule has 184 valence electrons. The third-order valence-corrected chi connectivity index (χ3v) is 5.89. The van der Waals surface area contributed by atoms with Gasteiger partial charge in [0, 0.05) is 37.4 Å². The first-order valence-electron chi connectivity index (χ1n) is 11.7. The van der Waals surface area contributed by atoms with Gasteiger partial charge in [0.1, 0.15) is 30.0 Å². The normalized spacial score (nSPS) is 19.1. The standard InChI is InChI=1S/C24H33N5O5/c1-16-21(24(31)29-7-10-32-11-8-29)27-23(28-22(16)26-18-6-9-33-14-18)17-4-3-5-20(12-17)34-15-19(30)13-25-2/h3-5,12,18-19,25,30H,6-11,13-15H2,1-2H3,(H,26,27,28)/t18-,19?/m1/s1. The summed E-state index contributed by atoms with van der Waals surface area (Å²) >= 11 is 0. The van der Waals surface area contributed by atoms with E-state index in [0.29, 0.717) is 69.1 Å². The average Bonchev–Trinajstić information content (AvgIpc) is 3.38. The summed E-state index contributed by atoms with van der Waals surface area (Å²) in [6.45, 7) is 5.89. The fraction of sp³-hybridized carbons (Fsp3) is 0.542. The second kappa shape index (κ2) is 11.6. The van der Waals surface area contributed by atoms with Gasteiger partial charge in [-0.05, 0) is 32.5 Å². The van der Waals surface area contributed by atoms with Crippen LogP contribution in [0.5, 0.6) is 5.75 Å². The molecule has 0 radical (unpaired) electrons. The molecule has 10 nitrogen and oxygen atoms in total. The molecule has 1 amide bonds. The van der Waals surface area contributed by atoms with Crippen LogP contribution in [-0.4, -0.2) is 97.7 Å². The molecule has 3 N–H and O–H groups in total. The van der Waals surface area contributed by atoms with Gasteiger partial charge in [-0.3, -0.25) is 4.79 Å². The number of rotatable bonds is 9. The van der Waals surface area contributed by atoms with Crippen LogP contribution in [-0.2, 0) is 9.47 Å². The van der Waals surface area contributed by atoms with Crippen molar-refractivity contribution in [1.82, 2.24) is 20.2 Å². The van der Waals surface area contributed by atoms with Crippen LogP contribution in [0.1, 0.15) is 22.5 Å². The predicted octanol–water partition coefficient (Wildman–Crippen LogP) is 1.08. The monoisotopic (exact) mass is 471 g/mol. The second-order valence-corrected chi connectivity index (χ2v) is 8.53. The number of aromatic nitrogens is 2. The molecular formula is C24H33N5O5. The highest BCUT2D eigenvalue weighted by molar-refractivity contribution is 5.95. The van der Waals surface area contributed by atoms with Crippen LogP contribution in [0.4, 0.5) is 5.82 Å². The number of likely N-dealkylation sites (N-methyl/N-ethyl adjacent to an activating group) is 1. The van der Waals surface area contributed by atoms with E-state index in [4.69, 9.17) is 19.2 Å². The van der Waals surface area contributed by atoms with E-state index in [9.17, 15) is 9.90 Å². The Morgan fingerprint density at radius 3 is 2.82 bits per heavy atom. The number of nitrogens with one attached hydrogen (secondary N) is 2. The zero-order valence-electron chi connectivity index (χ0n) is 19.7. The van der Waals surface area contributed by atoms with Crippen molar-refractivity contribution in [2.75, 3.05) is 65.0 Å². The summed E-state index contributed by atoms with van der Waals surface area (Å²) < 4.78 is 16.7. The van der Waals surface area contributed by atoms with E-state index in [1.54, 1.807) is 11.9 Å². The lowest BCUT2D eigenvalue weighted by molar-refractivity contribution is 0.0298. The minimum atomic E-state index is -0.619. The molecule has 0 aliphatic carbocycles. The van der Waals surface area contributed by atoms with Crippen LogP contribution in [0, 0.1) is 6.92 Å². The molecule has 34 heavy (non-hydrogen) atoms. The van der Waals surface area contributed by atoms with Crippen molar-refractivity contribution >= 4 is 11.7 Å². The summed E-state index contributed by atoms with van der Waals surface area (Å²) in [7, 11) is 1.78. The zero-order valence-corrected chi connectivity index (χ0v) is 19.7. The molecule has 0 bridgehead atoms. The molecule has 2 aliphatic rings.